The van der Waals surface area contributed by atoms with Crippen molar-refractivity contribution >= 4 is 66.8 Å². The number of nitrogens with zero attached hydrogens (tertiary/aromatic N) is 3. The normalized spacial score (nSPS) is 14.6. The fraction of sp³-hybridized carbons (Fsp3) is 0.0408. The molecular weight excluding hydrogens is 647 g/mol. The maximum Gasteiger partial charge on any atom is 0.145 e. The molecule has 10 rings (SSSR count). The van der Waals surface area contributed by atoms with Crippen LogP contribution in [0.2, 0.25) is 0 Å². The molecule has 4 heteroatoms. The molecule has 252 valence electrons. The lowest BCUT2D eigenvalue weighted by Crippen LogP contribution is -2.34. The van der Waals surface area contributed by atoms with Gasteiger partial charge in [-0.05, 0) is 72.0 Å². The summed E-state index contributed by atoms with van der Waals surface area (Å²) in [5, 5.41) is 6.82. The second-order valence-corrected chi connectivity index (χ2v) is 13.6. The molecule has 9 aromatic rings. The number of rotatable bonds is 4. The Balaban J connectivity index is 1.25. The fourth-order valence-corrected chi connectivity index (χ4v) is 8.03. The maximum absolute atomic E-state index is 6.66. The van der Waals surface area contributed by atoms with Crippen molar-refractivity contribution in [3.8, 4) is 16.8 Å². The molecular formula is C49H35N3O. The van der Waals surface area contributed by atoms with Gasteiger partial charge in [-0.1, -0.05) is 127 Å². The van der Waals surface area contributed by atoms with Crippen LogP contribution in [-0.4, -0.2) is 17.3 Å². The van der Waals surface area contributed by atoms with Gasteiger partial charge >= 0.3 is 0 Å². The van der Waals surface area contributed by atoms with E-state index in [1.54, 1.807) is 0 Å². The van der Waals surface area contributed by atoms with Gasteiger partial charge in [-0.25, -0.2) is 4.99 Å². The number of hydrogen-bond acceptors (Lipinski definition) is 3. The number of aliphatic imine (C=N–C) groups is 1. The van der Waals surface area contributed by atoms with Gasteiger partial charge < -0.3 is 13.9 Å². The molecule has 2 aromatic heterocycles. The van der Waals surface area contributed by atoms with Crippen LogP contribution in [0.1, 0.15) is 18.1 Å². The number of aromatic nitrogens is 1. The molecule has 0 atom stereocenters. The van der Waals surface area contributed by atoms with Gasteiger partial charge in [0.05, 0.1) is 27.7 Å². The van der Waals surface area contributed by atoms with Crippen LogP contribution in [0.25, 0.3) is 72.3 Å². The highest BCUT2D eigenvalue weighted by atomic mass is 16.3. The average Bonchev–Trinajstić information content (AvgIpc) is 3.75. The summed E-state index contributed by atoms with van der Waals surface area (Å²) in [6.07, 6.45) is 6.12. The van der Waals surface area contributed by atoms with Crippen molar-refractivity contribution in [3.05, 3.63) is 192 Å². The molecule has 3 heterocycles. The predicted octanol–water partition coefficient (Wildman–Crippen LogP) is 10.8. The third-order valence-corrected chi connectivity index (χ3v) is 10.5. The van der Waals surface area contributed by atoms with Gasteiger partial charge in [0.1, 0.15) is 16.8 Å². The summed E-state index contributed by atoms with van der Waals surface area (Å²) >= 11 is 0. The molecule has 4 nitrogen and oxygen atoms in total. The molecule has 1 aliphatic rings. The quantitative estimate of drug-likeness (QED) is 0.185. The molecule has 0 saturated heterocycles. The van der Waals surface area contributed by atoms with Crippen LogP contribution in [0, 0.1) is 0 Å². The Morgan fingerprint density at radius 3 is 2.08 bits per heavy atom. The zero-order valence-electron chi connectivity index (χ0n) is 29.5. The van der Waals surface area contributed by atoms with E-state index in [1.807, 2.05) is 19.1 Å². The molecule has 0 saturated carbocycles. The molecule has 1 aliphatic heterocycles. The lowest BCUT2D eigenvalue weighted by molar-refractivity contribution is 0.575. The van der Waals surface area contributed by atoms with Crippen molar-refractivity contribution in [2.75, 3.05) is 11.9 Å². The molecule has 7 aromatic carbocycles. The van der Waals surface area contributed by atoms with Crippen molar-refractivity contribution in [2.24, 2.45) is 4.99 Å². The second-order valence-electron chi connectivity index (χ2n) is 13.6. The largest absolute Gasteiger partial charge is 0.456 e. The molecule has 0 radical (unpaired) electrons. The Hall–Kier alpha value is -6.91. The lowest BCUT2D eigenvalue weighted by Gasteiger charge is -2.30. The van der Waals surface area contributed by atoms with Crippen molar-refractivity contribution in [2.45, 2.75) is 6.92 Å². The number of furan rings is 1. The standard InChI is InChI=1S/C49H35N3O/c1-3-4-23-45-46(49-50-47(33-16-7-5-8-17-33)39-27-24-32-15-11-12-20-37(32)48(39)51(49)2)41-31-35(26-29-44(41)53-45)34-25-28-43-40(30-34)38-21-13-14-22-42(38)52(43)36-18-9-6-10-19-36/h3-31H,1-2H3/b4-3-,45-23+,49-46-. The molecule has 0 bridgehead atoms. The first-order valence-electron chi connectivity index (χ1n) is 18.1. The van der Waals surface area contributed by atoms with E-state index in [1.165, 1.54) is 32.6 Å². The molecule has 0 amide bonds. The van der Waals surface area contributed by atoms with E-state index in [0.29, 0.717) is 0 Å². The molecule has 53 heavy (non-hydrogen) atoms. The van der Waals surface area contributed by atoms with E-state index in [9.17, 15) is 0 Å². The van der Waals surface area contributed by atoms with Crippen molar-refractivity contribution in [1.82, 2.24) is 4.57 Å². The van der Waals surface area contributed by atoms with E-state index in [2.05, 4.69) is 180 Å². The number of fused-ring (bicyclic) bond motifs is 7. The van der Waals surface area contributed by atoms with Gasteiger partial charge in [-0.15, -0.1) is 0 Å². The first kappa shape index (κ1) is 30.9. The first-order valence-corrected chi connectivity index (χ1v) is 18.1. The summed E-state index contributed by atoms with van der Waals surface area (Å²) in [7, 11) is 2.13. The van der Waals surface area contributed by atoms with Crippen molar-refractivity contribution in [1.29, 1.82) is 0 Å². The summed E-state index contributed by atoms with van der Waals surface area (Å²) in [5.74, 6) is 0.848. The van der Waals surface area contributed by atoms with Gasteiger partial charge in [-0.2, -0.15) is 0 Å². The van der Waals surface area contributed by atoms with Crippen molar-refractivity contribution < 1.29 is 4.42 Å². The van der Waals surface area contributed by atoms with Gasteiger partial charge in [0, 0.05) is 45.4 Å². The second kappa shape index (κ2) is 12.4. The summed E-state index contributed by atoms with van der Waals surface area (Å²) < 4.78 is 9.02. The highest BCUT2D eigenvalue weighted by Crippen LogP contribution is 2.39. The fourth-order valence-electron chi connectivity index (χ4n) is 8.03. The van der Waals surface area contributed by atoms with Gasteiger partial charge in [0.15, 0.2) is 0 Å². The molecule has 0 fully saturated rings. The minimum Gasteiger partial charge on any atom is -0.456 e. The van der Waals surface area contributed by atoms with Crippen molar-refractivity contribution in [3.63, 3.8) is 0 Å². The average molecular weight is 682 g/mol. The molecule has 0 N–H and O–H groups in total. The van der Waals surface area contributed by atoms with E-state index in [4.69, 9.17) is 9.41 Å². The van der Waals surface area contributed by atoms with Crippen LogP contribution in [0.4, 0.5) is 5.69 Å². The zero-order valence-corrected chi connectivity index (χ0v) is 29.5. The summed E-state index contributed by atoms with van der Waals surface area (Å²) in [6.45, 7) is 2.02. The smallest absolute Gasteiger partial charge is 0.145 e. The number of hydrogen-bond donors (Lipinski definition) is 0. The van der Waals surface area contributed by atoms with Gasteiger partial charge in [0.2, 0.25) is 0 Å². The topological polar surface area (TPSA) is 33.7 Å². The number of allylic oxidation sites excluding steroid dienone is 2. The van der Waals surface area contributed by atoms with Crippen LogP contribution in [0.5, 0.6) is 0 Å². The van der Waals surface area contributed by atoms with Gasteiger partial charge in [-0.3, -0.25) is 0 Å². The van der Waals surface area contributed by atoms with E-state index in [-0.39, 0.29) is 0 Å². The number of para-hydroxylation sites is 2. The molecule has 0 aliphatic carbocycles. The highest BCUT2D eigenvalue weighted by molar-refractivity contribution is 6.23. The van der Waals surface area contributed by atoms with E-state index in [0.717, 1.165) is 66.8 Å². The van der Waals surface area contributed by atoms with E-state index >= 15 is 0 Å². The Morgan fingerprint density at radius 2 is 1.26 bits per heavy atom. The third-order valence-electron chi connectivity index (χ3n) is 10.5. The van der Waals surface area contributed by atoms with Crippen LogP contribution in [0.15, 0.2) is 179 Å². The van der Waals surface area contributed by atoms with Gasteiger partial charge in [0.25, 0.3) is 0 Å². The Morgan fingerprint density at radius 1 is 0.585 bits per heavy atom. The number of anilines is 1. The highest BCUT2D eigenvalue weighted by Gasteiger charge is 2.26. The summed E-state index contributed by atoms with van der Waals surface area (Å²) in [4.78, 5) is 7.75. The Kier molecular flexibility index (Phi) is 7.22. The third kappa shape index (κ3) is 4.95. The maximum atomic E-state index is 6.66. The SMILES string of the molecule is C\C=C/C=c1/oc2ccc(-c3ccc4c(c3)c3ccccc3n4-c3ccccc3)cc2/c1=C1\N=C(c2ccccc2)c2ccc3ccccc3c2N1C. The number of benzene rings is 7. The van der Waals surface area contributed by atoms with Crippen LogP contribution in [-0.2, 0) is 0 Å². The Labute approximate surface area is 307 Å². The van der Waals surface area contributed by atoms with Crippen LogP contribution >= 0.6 is 0 Å². The minimum atomic E-state index is 0.776. The zero-order chi connectivity index (χ0) is 35.5. The Bertz CT molecular complexity index is 3070. The monoisotopic (exact) mass is 681 g/mol. The van der Waals surface area contributed by atoms with Crippen LogP contribution in [0.3, 0.4) is 0 Å². The predicted molar refractivity (Wildman–Crippen MR) is 222 cm³/mol. The summed E-state index contributed by atoms with van der Waals surface area (Å²) in [5.41, 5.74) is 11.7. The van der Waals surface area contributed by atoms with E-state index < -0.39 is 0 Å². The first-order chi connectivity index (χ1) is 26.2. The molecule has 0 unspecified atom stereocenters. The molecule has 0 spiro atoms. The lowest BCUT2D eigenvalue weighted by atomic mass is 9.94. The minimum absolute atomic E-state index is 0.776. The summed E-state index contributed by atoms with van der Waals surface area (Å²) in [6, 6.07) is 56.1. The van der Waals surface area contributed by atoms with Crippen LogP contribution < -0.4 is 15.5 Å².